The van der Waals surface area contributed by atoms with Crippen LogP contribution in [0.5, 0.6) is 5.75 Å². The van der Waals surface area contributed by atoms with Crippen LogP contribution in [0.1, 0.15) is 36.2 Å². The number of ether oxygens (including phenoxy) is 2. The van der Waals surface area contributed by atoms with Crippen molar-refractivity contribution < 1.29 is 24.3 Å². The second-order valence-corrected chi connectivity index (χ2v) is 5.27. The van der Waals surface area contributed by atoms with Crippen molar-refractivity contribution >= 4 is 11.9 Å². The first-order chi connectivity index (χ1) is 11.6. The molecule has 0 saturated heterocycles. The van der Waals surface area contributed by atoms with Crippen LogP contribution in [0.3, 0.4) is 0 Å². The van der Waals surface area contributed by atoms with E-state index in [0.29, 0.717) is 29.0 Å². The van der Waals surface area contributed by atoms with Crippen LogP contribution in [0.25, 0.3) is 11.1 Å². The number of nitrogens with one attached hydrogen (secondary N) is 1. The number of fused-ring (bicyclic) bond motifs is 1. The number of rotatable bonds is 7. The molecule has 6 nitrogen and oxygen atoms in total. The molecule has 0 aromatic heterocycles. The Labute approximate surface area is 140 Å². The lowest BCUT2D eigenvalue weighted by Crippen LogP contribution is -2.20. The van der Waals surface area contributed by atoms with E-state index in [1.807, 2.05) is 13.0 Å². The van der Waals surface area contributed by atoms with Crippen LogP contribution in [-0.2, 0) is 16.0 Å². The van der Waals surface area contributed by atoms with Gasteiger partial charge in [0.2, 0.25) is 5.91 Å². The van der Waals surface area contributed by atoms with Crippen LogP contribution in [0, 0.1) is 0 Å². The Morgan fingerprint density at radius 2 is 1.83 bits per heavy atom. The molecule has 2 aliphatic carbocycles. The lowest BCUT2D eigenvalue weighted by atomic mass is 10.1. The van der Waals surface area contributed by atoms with E-state index in [9.17, 15) is 9.59 Å². The Morgan fingerprint density at radius 3 is 2.46 bits per heavy atom. The fourth-order valence-electron chi connectivity index (χ4n) is 2.40. The Kier molecular flexibility index (Phi) is 6.14. The van der Waals surface area contributed by atoms with Gasteiger partial charge in [-0.25, -0.2) is 10.3 Å². The minimum Gasteiger partial charge on any atom is -0.493 e. The van der Waals surface area contributed by atoms with E-state index in [1.165, 1.54) is 0 Å². The number of amides is 1. The average Bonchev–Trinajstić information content (AvgIpc) is 2.80. The number of carbonyl (C=O) groups is 2. The summed E-state index contributed by atoms with van der Waals surface area (Å²) in [5.74, 6) is -0.299. The van der Waals surface area contributed by atoms with Crippen LogP contribution in [0.2, 0.25) is 0 Å². The molecule has 0 aliphatic heterocycles. The van der Waals surface area contributed by atoms with E-state index < -0.39 is 11.9 Å². The summed E-state index contributed by atoms with van der Waals surface area (Å²) < 4.78 is 10.8. The summed E-state index contributed by atoms with van der Waals surface area (Å²) >= 11 is 0. The summed E-state index contributed by atoms with van der Waals surface area (Å²) in [4.78, 5) is 23.5. The number of hydrogen-bond acceptors (Lipinski definition) is 5. The van der Waals surface area contributed by atoms with Crippen molar-refractivity contribution in [3.05, 3.63) is 41.5 Å². The first-order valence-electron chi connectivity index (χ1n) is 7.89. The number of hydrogen-bond donors (Lipinski definition) is 2. The molecule has 0 heterocycles. The van der Waals surface area contributed by atoms with E-state index in [-0.39, 0.29) is 13.0 Å². The van der Waals surface area contributed by atoms with Gasteiger partial charge in [-0.1, -0.05) is 31.2 Å². The molecule has 0 spiro atoms. The van der Waals surface area contributed by atoms with E-state index in [2.05, 4.69) is 0 Å². The Bertz CT molecular complexity index is 698. The van der Waals surface area contributed by atoms with Crippen LogP contribution in [0.4, 0.5) is 0 Å². The lowest BCUT2D eigenvalue weighted by Gasteiger charge is -2.03. The fourth-order valence-corrected chi connectivity index (χ4v) is 2.40. The van der Waals surface area contributed by atoms with Crippen LogP contribution in [-0.4, -0.2) is 30.3 Å². The van der Waals surface area contributed by atoms with Gasteiger partial charge in [-0.3, -0.25) is 10.0 Å². The molecule has 0 aromatic rings. The zero-order valence-corrected chi connectivity index (χ0v) is 13.8. The third kappa shape index (κ3) is 4.02. The second-order valence-electron chi connectivity index (χ2n) is 5.27. The summed E-state index contributed by atoms with van der Waals surface area (Å²) in [6.07, 6.45) is 0.885. The molecule has 2 aliphatic rings. The maximum atomic E-state index is 12.2. The molecule has 0 fully saturated rings. The first kappa shape index (κ1) is 17.7. The standard InChI is InChI=1S/C18H21NO5/c1-3-9-24-16-11-15(18(21)23-4-2)13-7-5-12(6-8-14(13)16)10-17(20)19-22/h5-8,11,22H,3-4,9-10H2,1-2H3,(H,19,20). The highest BCUT2D eigenvalue weighted by Crippen LogP contribution is 2.38. The monoisotopic (exact) mass is 331 g/mol. The van der Waals surface area contributed by atoms with E-state index in [4.69, 9.17) is 14.7 Å². The van der Waals surface area contributed by atoms with Crippen molar-refractivity contribution in [2.45, 2.75) is 26.7 Å². The van der Waals surface area contributed by atoms with Crippen LogP contribution < -0.4 is 10.2 Å². The number of hydroxylamine groups is 1. The van der Waals surface area contributed by atoms with E-state index in [1.54, 1.807) is 36.7 Å². The van der Waals surface area contributed by atoms with Gasteiger partial charge in [-0.05, 0) is 25.0 Å². The Balaban J connectivity index is 2.46. The Hall–Kier alpha value is -2.60. The van der Waals surface area contributed by atoms with Gasteiger partial charge in [0, 0.05) is 11.1 Å². The molecule has 24 heavy (non-hydrogen) atoms. The van der Waals surface area contributed by atoms with Crippen molar-refractivity contribution in [1.82, 2.24) is 5.48 Å². The van der Waals surface area contributed by atoms with E-state index in [0.717, 1.165) is 12.0 Å². The van der Waals surface area contributed by atoms with Crippen molar-refractivity contribution in [3.63, 3.8) is 0 Å². The van der Waals surface area contributed by atoms with Gasteiger partial charge < -0.3 is 9.47 Å². The molecule has 128 valence electrons. The highest BCUT2D eigenvalue weighted by molar-refractivity contribution is 6.01. The SMILES string of the molecule is CCCOc1cc(C(=O)OCC)c2ccc(CC(=O)NO)ccc1-2. The molecule has 6 heteroatoms. The Morgan fingerprint density at radius 1 is 1.12 bits per heavy atom. The molecular weight excluding hydrogens is 310 g/mol. The fraction of sp³-hybridized carbons (Fsp3) is 0.333. The molecule has 0 saturated carbocycles. The lowest BCUT2D eigenvalue weighted by molar-refractivity contribution is -0.128. The van der Waals surface area contributed by atoms with Gasteiger partial charge in [0.05, 0.1) is 25.2 Å². The van der Waals surface area contributed by atoms with Crippen molar-refractivity contribution in [2.75, 3.05) is 13.2 Å². The number of carbonyl (C=O) groups excluding carboxylic acids is 2. The van der Waals surface area contributed by atoms with Gasteiger partial charge >= 0.3 is 5.97 Å². The molecular formula is C18H21NO5. The van der Waals surface area contributed by atoms with Crippen LogP contribution >= 0.6 is 0 Å². The molecule has 0 atom stereocenters. The van der Waals surface area contributed by atoms with Gasteiger partial charge in [0.25, 0.3) is 0 Å². The normalized spacial score (nSPS) is 10.5. The molecule has 0 bridgehead atoms. The molecule has 2 rings (SSSR count). The van der Waals surface area contributed by atoms with Crippen molar-refractivity contribution in [2.24, 2.45) is 0 Å². The molecule has 0 unspecified atom stereocenters. The van der Waals surface area contributed by atoms with Gasteiger partial charge in [-0.2, -0.15) is 0 Å². The molecule has 0 radical (unpaired) electrons. The second kappa shape index (κ2) is 8.31. The predicted molar refractivity (Wildman–Crippen MR) is 88.4 cm³/mol. The zero-order chi connectivity index (χ0) is 17.5. The maximum Gasteiger partial charge on any atom is 0.338 e. The summed E-state index contributed by atoms with van der Waals surface area (Å²) in [5, 5.41) is 8.64. The van der Waals surface area contributed by atoms with Gasteiger partial charge in [0.1, 0.15) is 5.75 Å². The average molecular weight is 331 g/mol. The van der Waals surface area contributed by atoms with Gasteiger partial charge in [-0.15, -0.1) is 0 Å². The summed E-state index contributed by atoms with van der Waals surface area (Å²) in [7, 11) is 0. The van der Waals surface area contributed by atoms with Crippen molar-refractivity contribution in [1.29, 1.82) is 0 Å². The third-order valence-electron chi connectivity index (χ3n) is 3.50. The molecule has 1 amide bonds. The smallest absolute Gasteiger partial charge is 0.338 e. The maximum absolute atomic E-state index is 12.2. The predicted octanol–water partition coefficient (Wildman–Crippen LogP) is 2.80. The zero-order valence-electron chi connectivity index (χ0n) is 13.8. The molecule has 2 N–H and O–H groups in total. The summed E-state index contributed by atoms with van der Waals surface area (Å²) in [5.41, 5.74) is 4.23. The van der Waals surface area contributed by atoms with E-state index >= 15 is 0 Å². The van der Waals surface area contributed by atoms with Crippen LogP contribution in [0.15, 0.2) is 30.3 Å². The quantitative estimate of drug-likeness (QED) is 0.463. The largest absolute Gasteiger partial charge is 0.493 e. The minimum atomic E-state index is -0.506. The minimum absolute atomic E-state index is 0.0354. The third-order valence-corrected chi connectivity index (χ3v) is 3.50. The van der Waals surface area contributed by atoms with Gasteiger partial charge in [0.15, 0.2) is 0 Å². The highest BCUT2D eigenvalue weighted by atomic mass is 16.5. The summed E-state index contributed by atoms with van der Waals surface area (Å²) in [6, 6.07) is 8.77. The van der Waals surface area contributed by atoms with Crippen molar-refractivity contribution in [3.8, 4) is 16.9 Å². The first-order valence-corrected chi connectivity index (χ1v) is 7.89. The topological polar surface area (TPSA) is 84.9 Å². The molecule has 0 aromatic carbocycles. The number of esters is 1. The highest BCUT2D eigenvalue weighted by Gasteiger charge is 2.22. The summed E-state index contributed by atoms with van der Waals surface area (Å²) in [6.45, 7) is 4.59.